The zero-order valence-electron chi connectivity index (χ0n) is 6.88. The molecule has 1 aromatic rings. The highest BCUT2D eigenvalue weighted by atomic mass is 79.9. The van der Waals surface area contributed by atoms with E-state index in [1.165, 1.54) is 18.2 Å². The van der Waals surface area contributed by atoms with Crippen molar-refractivity contribution in [2.75, 3.05) is 0 Å². The minimum atomic E-state index is -0.127. The Morgan fingerprint density at radius 1 is 0.929 bits per heavy atom. The van der Waals surface area contributed by atoms with E-state index in [1.807, 2.05) is 0 Å². The van der Waals surface area contributed by atoms with Gasteiger partial charge >= 0.3 is 0 Å². The number of allylic oxidation sites excluding steroid dienone is 1. The van der Waals surface area contributed by atoms with Crippen molar-refractivity contribution in [3.05, 3.63) is 50.1 Å². The third-order valence-corrected chi connectivity index (χ3v) is 3.03. The molecule has 0 unspecified atom stereocenters. The van der Waals surface area contributed by atoms with Crippen molar-refractivity contribution >= 4 is 42.1 Å². The quantitative estimate of drug-likeness (QED) is 0.737. The molecule has 2 rings (SSSR count). The lowest BCUT2D eigenvalue weighted by Crippen LogP contribution is -1.92. The molecule has 4 heteroatoms. The van der Waals surface area contributed by atoms with Crippen LogP contribution in [0.5, 0.6) is 0 Å². The molecular formula is C10H4Br2O2. The molecule has 0 radical (unpaired) electrons. The normalized spacial score (nSPS) is 13.9. The van der Waals surface area contributed by atoms with Gasteiger partial charge in [-0.3, -0.25) is 9.59 Å². The fourth-order valence-electron chi connectivity index (χ4n) is 1.33. The first kappa shape index (κ1) is 9.80. The van der Waals surface area contributed by atoms with Gasteiger partial charge in [-0.25, -0.2) is 0 Å². The molecule has 0 saturated carbocycles. The number of hydrogen-bond donors (Lipinski definition) is 0. The summed E-state index contributed by atoms with van der Waals surface area (Å²) in [5, 5.41) is 0. The van der Waals surface area contributed by atoms with Crippen LogP contribution in [0.15, 0.2) is 33.5 Å². The van der Waals surface area contributed by atoms with Gasteiger partial charge in [-0.1, -0.05) is 31.9 Å². The molecule has 1 aliphatic rings. The SMILES string of the molecule is O=C1C=C(Br)c2cc(=O)cc(Br)cc21. The molecule has 70 valence electrons. The number of fused-ring (bicyclic) bond motifs is 1. The van der Waals surface area contributed by atoms with Gasteiger partial charge in [0.2, 0.25) is 0 Å². The summed E-state index contributed by atoms with van der Waals surface area (Å²) in [4.78, 5) is 22.8. The van der Waals surface area contributed by atoms with Crippen LogP contribution < -0.4 is 5.43 Å². The molecule has 0 heterocycles. The molecule has 0 amide bonds. The van der Waals surface area contributed by atoms with E-state index in [0.717, 1.165) is 0 Å². The summed E-state index contributed by atoms with van der Waals surface area (Å²) in [6.45, 7) is 0. The van der Waals surface area contributed by atoms with Crippen LogP contribution in [0.1, 0.15) is 15.9 Å². The summed E-state index contributed by atoms with van der Waals surface area (Å²) in [7, 11) is 0. The molecule has 0 atom stereocenters. The maximum absolute atomic E-state index is 11.4. The van der Waals surface area contributed by atoms with Gasteiger partial charge in [0.1, 0.15) is 0 Å². The molecule has 1 aromatic carbocycles. The van der Waals surface area contributed by atoms with E-state index in [0.29, 0.717) is 20.1 Å². The lowest BCUT2D eigenvalue weighted by atomic mass is 10.2. The zero-order valence-corrected chi connectivity index (χ0v) is 10.1. The minimum Gasteiger partial charge on any atom is -0.290 e. The highest BCUT2D eigenvalue weighted by Crippen LogP contribution is 2.31. The smallest absolute Gasteiger partial charge is 0.187 e. The van der Waals surface area contributed by atoms with Gasteiger partial charge in [0.25, 0.3) is 0 Å². The summed E-state index contributed by atoms with van der Waals surface area (Å²) in [6, 6.07) is 4.54. The Morgan fingerprint density at radius 3 is 2.36 bits per heavy atom. The lowest BCUT2D eigenvalue weighted by Gasteiger charge is -1.90. The van der Waals surface area contributed by atoms with Crippen molar-refractivity contribution in [1.29, 1.82) is 0 Å². The van der Waals surface area contributed by atoms with E-state index in [4.69, 9.17) is 0 Å². The molecule has 0 fully saturated rings. The van der Waals surface area contributed by atoms with Crippen LogP contribution in [0.3, 0.4) is 0 Å². The van der Waals surface area contributed by atoms with Gasteiger partial charge in [0.15, 0.2) is 11.2 Å². The molecule has 0 aromatic heterocycles. The number of rotatable bonds is 0. The number of ketones is 1. The standard InChI is InChI=1S/C10H4Br2O2/c11-5-1-6(13)3-7-8(2-5)10(14)4-9(7)12/h1-4H. The van der Waals surface area contributed by atoms with E-state index in [2.05, 4.69) is 31.9 Å². The maximum atomic E-state index is 11.4. The molecule has 2 nitrogen and oxygen atoms in total. The molecule has 0 saturated heterocycles. The van der Waals surface area contributed by atoms with Gasteiger partial charge in [-0.05, 0) is 18.2 Å². The largest absolute Gasteiger partial charge is 0.290 e. The number of carbonyl (C=O) groups excluding carboxylic acids is 1. The molecular weight excluding hydrogens is 312 g/mol. The van der Waals surface area contributed by atoms with Crippen molar-refractivity contribution in [3.63, 3.8) is 0 Å². The first-order valence-corrected chi connectivity index (χ1v) is 5.43. The van der Waals surface area contributed by atoms with E-state index < -0.39 is 0 Å². The minimum absolute atomic E-state index is 0.0804. The average molecular weight is 316 g/mol. The predicted molar refractivity (Wildman–Crippen MR) is 61.6 cm³/mol. The average Bonchev–Trinajstić information content (AvgIpc) is 2.30. The Bertz CT molecular complexity index is 518. The summed E-state index contributed by atoms with van der Waals surface area (Å²) in [5.41, 5.74) is 1.08. The topological polar surface area (TPSA) is 34.1 Å². The Hall–Kier alpha value is -0.740. The molecule has 0 bridgehead atoms. The monoisotopic (exact) mass is 314 g/mol. The van der Waals surface area contributed by atoms with Crippen molar-refractivity contribution in [2.45, 2.75) is 0 Å². The van der Waals surface area contributed by atoms with Crippen LogP contribution in [0, 0.1) is 0 Å². The molecule has 0 N–H and O–H groups in total. The van der Waals surface area contributed by atoms with E-state index in [1.54, 1.807) is 6.07 Å². The molecule has 14 heavy (non-hydrogen) atoms. The van der Waals surface area contributed by atoms with Crippen molar-refractivity contribution in [1.82, 2.24) is 0 Å². The van der Waals surface area contributed by atoms with Gasteiger partial charge in [0.05, 0.1) is 0 Å². The van der Waals surface area contributed by atoms with Crippen molar-refractivity contribution in [2.24, 2.45) is 0 Å². The van der Waals surface area contributed by atoms with Crippen molar-refractivity contribution in [3.8, 4) is 0 Å². The summed E-state index contributed by atoms with van der Waals surface area (Å²) >= 11 is 6.45. The van der Waals surface area contributed by atoms with Crippen LogP contribution in [-0.4, -0.2) is 5.78 Å². The Morgan fingerprint density at radius 2 is 1.64 bits per heavy atom. The fraction of sp³-hybridized carbons (Fsp3) is 0. The second kappa shape index (κ2) is 3.44. The second-order valence-corrected chi connectivity index (χ2v) is 4.67. The van der Waals surface area contributed by atoms with E-state index >= 15 is 0 Å². The Labute approximate surface area is 96.9 Å². The van der Waals surface area contributed by atoms with Crippen molar-refractivity contribution < 1.29 is 4.79 Å². The number of hydrogen-bond acceptors (Lipinski definition) is 2. The van der Waals surface area contributed by atoms with E-state index in [9.17, 15) is 9.59 Å². The first-order valence-electron chi connectivity index (χ1n) is 3.85. The summed E-state index contributed by atoms with van der Waals surface area (Å²) in [5.74, 6) is -0.0804. The van der Waals surface area contributed by atoms with Gasteiger partial charge < -0.3 is 0 Å². The van der Waals surface area contributed by atoms with Gasteiger partial charge in [0, 0.05) is 26.2 Å². The predicted octanol–water partition coefficient (Wildman–Crippen LogP) is 2.74. The maximum Gasteiger partial charge on any atom is 0.187 e. The van der Waals surface area contributed by atoms with Crippen LogP contribution in [0.4, 0.5) is 0 Å². The molecule has 1 aliphatic carbocycles. The molecule has 0 spiro atoms. The zero-order chi connectivity index (χ0) is 10.3. The Kier molecular flexibility index (Phi) is 2.41. The first-order chi connectivity index (χ1) is 6.58. The molecule has 0 aliphatic heterocycles. The third kappa shape index (κ3) is 1.60. The fourth-order valence-corrected chi connectivity index (χ4v) is 2.32. The third-order valence-electron chi connectivity index (χ3n) is 1.92. The second-order valence-electron chi connectivity index (χ2n) is 2.90. The Balaban J connectivity index is 2.86. The lowest BCUT2D eigenvalue weighted by molar-refractivity contribution is 0.105. The van der Waals surface area contributed by atoms with E-state index in [-0.39, 0.29) is 11.2 Å². The highest BCUT2D eigenvalue weighted by Gasteiger charge is 2.19. The summed E-state index contributed by atoms with van der Waals surface area (Å²) in [6.07, 6.45) is 1.47. The number of halogens is 2. The van der Waals surface area contributed by atoms with Crippen LogP contribution in [0.25, 0.3) is 4.48 Å². The van der Waals surface area contributed by atoms with Gasteiger partial charge in [-0.2, -0.15) is 0 Å². The van der Waals surface area contributed by atoms with Gasteiger partial charge in [-0.15, -0.1) is 0 Å². The highest BCUT2D eigenvalue weighted by molar-refractivity contribution is 9.15. The number of carbonyl (C=O) groups is 1. The summed E-state index contributed by atoms with van der Waals surface area (Å²) < 4.78 is 1.28. The van der Waals surface area contributed by atoms with Crippen LogP contribution in [0.2, 0.25) is 0 Å². The van der Waals surface area contributed by atoms with Crippen LogP contribution in [-0.2, 0) is 0 Å². The van der Waals surface area contributed by atoms with Crippen LogP contribution >= 0.6 is 31.9 Å².